The van der Waals surface area contributed by atoms with Crippen LogP contribution in [0.1, 0.15) is 0 Å². The van der Waals surface area contributed by atoms with Gasteiger partial charge in [0, 0.05) is 0 Å². The number of nitrogens with two attached hydrogens (primary N) is 1. The Morgan fingerprint density at radius 3 is 2.20 bits per heavy atom. The lowest BCUT2D eigenvalue weighted by Gasteiger charge is -1.95. The van der Waals surface area contributed by atoms with Crippen LogP contribution in [0.3, 0.4) is 0 Å². The number of nitrogens with one attached hydrogen (secondary N) is 1. The predicted molar refractivity (Wildman–Crippen MR) is 19.3 cm³/mol. The normalized spacial score (nSPS) is 15.0. The number of aliphatic hydroxyl groups excluding tert-OH is 1. The van der Waals surface area contributed by atoms with Gasteiger partial charge in [-0.2, -0.15) is 0 Å². The van der Waals surface area contributed by atoms with Gasteiger partial charge in [-0.05, 0) is 7.05 Å². The van der Waals surface area contributed by atoms with E-state index in [4.69, 9.17) is 10.8 Å². The molecule has 0 aliphatic rings. The Morgan fingerprint density at radius 1 is 2.00 bits per heavy atom. The Morgan fingerprint density at radius 2 is 2.20 bits per heavy atom. The molecule has 0 spiro atoms. The van der Waals surface area contributed by atoms with Crippen molar-refractivity contribution in [3.8, 4) is 0 Å². The fourth-order valence-electron chi connectivity index (χ4n) is 0. The third-order valence-electron chi connectivity index (χ3n) is 0.296. The molecule has 3 heteroatoms. The first-order chi connectivity index (χ1) is 2.27. The standard InChI is InChI=1S/C2H8N2O/c1-4-2(3)5/h2,4-5H,3H2,1H3/t2-/m1/s1. The second-order valence-electron chi connectivity index (χ2n) is 0.734. The lowest BCUT2D eigenvalue weighted by Crippen LogP contribution is -2.33. The Labute approximate surface area is 30.8 Å². The SMILES string of the molecule is CN[C@@H](N)O. The Kier molecular flexibility index (Phi) is 2.09. The molecule has 0 aromatic rings. The quantitative estimate of drug-likeness (QED) is 0.331. The van der Waals surface area contributed by atoms with Crippen LogP contribution in [-0.2, 0) is 0 Å². The molecule has 0 fully saturated rings. The van der Waals surface area contributed by atoms with E-state index in [1.807, 2.05) is 0 Å². The van der Waals surface area contributed by atoms with Crippen LogP contribution in [0, 0.1) is 0 Å². The van der Waals surface area contributed by atoms with E-state index < -0.39 is 6.35 Å². The molecule has 0 saturated heterocycles. The van der Waals surface area contributed by atoms with Crippen molar-refractivity contribution in [3.05, 3.63) is 0 Å². The molecule has 0 radical (unpaired) electrons. The fourth-order valence-corrected chi connectivity index (χ4v) is 0. The molecule has 0 rings (SSSR count). The largest absolute Gasteiger partial charge is 0.366 e. The average Bonchev–Trinajstić information content (AvgIpc) is 1.38. The zero-order chi connectivity index (χ0) is 4.28. The van der Waals surface area contributed by atoms with Gasteiger partial charge in [-0.15, -0.1) is 0 Å². The van der Waals surface area contributed by atoms with Crippen LogP contribution in [0.5, 0.6) is 0 Å². The van der Waals surface area contributed by atoms with Crippen molar-refractivity contribution >= 4 is 0 Å². The van der Waals surface area contributed by atoms with Gasteiger partial charge >= 0.3 is 0 Å². The van der Waals surface area contributed by atoms with Gasteiger partial charge in [-0.1, -0.05) is 0 Å². The maximum Gasteiger partial charge on any atom is 0.157 e. The summed E-state index contributed by atoms with van der Waals surface area (Å²) in [6.07, 6.45) is -0.866. The second kappa shape index (κ2) is 2.14. The van der Waals surface area contributed by atoms with E-state index in [9.17, 15) is 0 Å². The second-order valence-corrected chi connectivity index (χ2v) is 0.734. The molecule has 0 aromatic carbocycles. The van der Waals surface area contributed by atoms with Gasteiger partial charge in [0.2, 0.25) is 0 Å². The highest BCUT2D eigenvalue weighted by atomic mass is 16.3. The molecule has 1 atom stereocenters. The van der Waals surface area contributed by atoms with E-state index in [0.29, 0.717) is 0 Å². The molecule has 3 nitrogen and oxygen atoms in total. The minimum Gasteiger partial charge on any atom is -0.366 e. The number of aliphatic hydroxyl groups is 1. The first kappa shape index (κ1) is 4.88. The van der Waals surface area contributed by atoms with Crippen molar-refractivity contribution in [1.82, 2.24) is 5.32 Å². The van der Waals surface area contributed by atoms with Crippen LogP contribution in [0.15, 0.2) is 0 Å². The summed E-state index contributed by atoms with van der Waals surface area (Å²) in [5.41, 5.74) is 4.74. The van der Waals surface area contributed by atoms with Crippen LogP contribution >= 0.6 is 0 Å². The average molecular weight is 76.1 g/mol. The predicted octanol–water partition coefficient (Wildman–Crippen LogP) is -1.56. The molecule has 0 amide bonds. The Hall–Kier alpha value is -0.120. The molecule has 0 heterocycles. The topological polar surface area (TPSA) is 58.3 Å². The molecule has 32 valence electrons. The van der Waals surface area contributed by atoms with Crippen molar-refractivity contribution in [2.45, 2.75) is 6.35 Å². The lowest BCUT2D eigenvalue weighted by molar-refractivity contribution is 0.154. The smallest absolute Gasteiger partial charge is 0.157 e. The highest BCUT2D eigenvalue weighted by Crippen LogP contribution is 1.44. The summed E-state index contributed by atoms with van der Waals surface area (Å²) in [5, 5.41) is 10.4. The minimum absolute atomic E-state index is 0.866. The van der Waals surface area contributed by atoms with E-state index >= 15 is 0 Å². The van der Waals surface area contributed by atoms with Gasteiger partial charge in [0.25, 0.3) is 0 Å². The van der Waals surface area contributed by atoms with E-state index in [-0.39, 0.29) is 0 Å². The molecule has 0 aromatic heterocycles. The maximum atomic E-state index is 8.03. The molecule has 4 N–H and O–H groups in total. The Balaban J connectivity index is 2.54. The molecule has 0 saturated carbocycles. The molecule has 0 bridgehead atoms. The summed E-state index contributed by atoms with van der Waals surface area (Å²) in [5.74, 6) is 0. The van der Waals surface area contributed by atoms with Gasteiger partial charge in [0.15, 0.2) is 6.35 Å². The highest BCUT2D eigenvalue weighted by Gasteiger charge is 1.78. The molecule has 5 heavy (non-hydrogen) atoms. The van der Waals surface area contributed by atoms with Crippen LogP contribution in [0.25, 0.3) is 0 Å². The van der Waals surface area contributed by atoms with Crippen LogP contribution in [0.4, 0.5) is 0 Å². The van der Waals surface area contributed by atoms with Gasteiger partial charge < -0.3 is 5.11 Å². The molecular formula is C2H8N2O. The van der Waals surface area contributed by atoms with Crippen LogP contribution in [-0.4, -0.2) is 18.5 Å². The Bertz CT molecular complexity index is 21.6. The van der Waals surface area contributed by atoms with Crippen molar-refractivity contribution in [1.29, 1.82) is 0 Å². The summed E-state index contributed by atoms with van der Waals surface area (Å²) >= 11 is 0. The van der Waals surface area contributed by atoms with Gasteiger partial charge in [0.1, 0.15) is 0 Å². The van der Waals surface area contributed by atoms with Gasteiger partial charge in [-0.25, -0.2) is 0 Å². The van der Waals surface area contributed by atoms with Crippen molar-refractivity contribution in [2.24, 2.45) is 5.73 Å². The molecular weight excluding hydrogens is 68.0 g/mol. The summed E-state index contributed by atoms with van der Waals surface area (Å²) in [6, 6.07) is 0. The highest BCUT2D eigenvalue weighted by molar-refractivity contribution is 4.24. The lowest BCUT2D eigenvalue weighted by atomic mass is 11.0. The third-order valence-corrected chi connectivity index (χ3v) is 0.296. The minimum atomic E-state index is -0.866. The number of hydrogen-bond acceptors (Lipinski definition) is 3. The number of hydrogen-bond donors (Lipinski definition) is 3. The molecule has 0 aliphatic carbocycles. The zero-order valence-corrected chi connectivity index (χ0v) is 3.10. The summed E-state index contributed by atoms with van der Waals surface area (Å²) in [6.45, 7) is 0. The fraction of sp³-hybridized carbons (Fsp3) is 1.00. The first-order valence-corrected chi connectivity index (χ1v) is 1.38. The van der Waals surface area contributed by atoms with E-state index in [0.717, 1.165) is 0 Å². The maximum absolute atomic E-state index is 8.03. The molecule has 0 unspecified atom stereocenters. The van der Waals surface area contributed by atoms with E-state index in [2.05, 4.69) is 5.32 Å². The van der Waals surface area contributed by atoms with Gasteiger partial charge in [0.05, 0.1) is 0 Å². The van der Waals surface area contributed by atoms with Crippen molar-refractivity contribution in [3.63, 3.8) is 0 Å². The van der Waals surface area contributed by atoms with Crippen LogP contribution < -0.4 is 11.1 Å². The summed E-state index contributed by atoms with van der Waals surface area (Å²) < 4.78 is 0. The van der Waals surface area contributed by atoms with E-state index in [1.54, 1.807) is 7.05 Å². The van der Waals surface area contributed by atoms with Crippen LogP contribution in [0.2, 0.25) is 0 Å². The monoisotopic (exact) mass is 76.1 g/mol. The summed E-state index contributed by atoms with van der Waals surface area (Å²) in [4.78, 5) is 0. The zero-order valence-electron chi connectivity index (χ0n) is 3.10. The number of rotatable bonds is 1. The van der Waals surface area contributed by atoms with Gasteiger partial charge in [-0.3, -0.25) is 11.1 Å². The summed E-state index contributed by atoms with van der Waals surface area (Å²) in [7, 11) is 1.57. The first-order valence-electron chi connectivity index (χ1n) is 1.38. The van der Waals surface area contributed by atoms with Crippen molar-refractivity contribution < 1.29 is 5.11 Å². The van der Waals surface area contributed by atoms with Crippen molar-refractivity contribution in [2.75, 3.05) is 7.05 Å². The van der Waals surface area contributed by atoms with E-state index in [1.165, 1.54) is 0 Å². The third kappa shape index (κ3) is 3.88. The molecule has 0 aliphatic heterocycles.